The van der Waals surface area contributed by atoms with E-state index in [-0.39, 0.29) is 33.0 Å². The molecule has 1 aliphatic rings. The first-order valence-corrected chi connectivity index (χ1v) is 11.5. The molecule has 4 aromatic rings. The fourth-order valence-corrected chi connectivity index (χ4v) is 4.38. The molecule has 2 N–H and O–H groups in total. The maximum absolute atomic E-state index is 14.7. The molecule has 186 valence electrons. The minimum Gasteiger partial charge on any atom is -0.493 e. The van der Waals surface area contributed by atoms with E-state index in [1.54, 1.807) is 0 Å². The largest absolute Gasteiger partial charge is 0.493 e. The Morgan fingerprint density at radius 1 is 1.19 bits per heavy atom. The Morgan fingerprint density at radius 3 is 2.69 bits per heavy atom. The number of aromatic nitrogens is 3. The van der Waals surface area contributed by atoms with Crippen molar-refractivity contribution in [2.75, 3.05) is 6.61 Å². The second-order valence-corrected chi connectivity index (χ2v) is 8.96. The number of thiophene rings is 1. The van der Waals surface area contributed by atoms with Crippen LogP contribution in [0.2, 0.25) is 0 Å². The van der Waals surface area contributed by atoms with Crippen molar-refractivity contribution in [1.29, 1.82) is 0 Å². The molecule has 36 heavy (non-hydrogen) atoms. The molecule has 1 aromatic carbocycles. The van der Waals surface area contributed by atoms with Gasteiger partial charge >= 0.3 is 11.7 Å². The second kappa shape index (κ2) is 9.15. The molecule has 3 heterocycles. The average molecular weight is 519 g/mol. The summed E-state index contributed by atoms with van der Waals surface area (Å²) in [4.78, 5) is 42.8. The molecule has 0 amide bonds. The number of hydrogen-bond acceptors (Lipinski definition) is 7. The van der Waals surface area contributed by atoms with Gasteiger partial charge in [0, 0.05) is 11.4 Å². The van der Waals surface area contributed by atoms with E-state index in [0.29, 0.717) is 23.3 Å². The van der Waals surface area contributed by atoms with E-state index in [2.05, 4.69) is 9.97 Å². The van der Waals surface area contributed by atoms with Gasteiger partial charge in [-0.25, -0.2) is 32.3 Å². The molecule has 13 heteroatoms. The third kappa shape index (κ3) is 4.33. The van der Waals surface area contributed by atoms with Gasteiger partial charge in [0.25, 0.3) is 5.56 Å². The highest BCUT2D eigenvalue weighted by atomic mass is 32.1. The number of aromatic amines is 1. The van der Waals surface area contributed by atoms with Crippen molar-refractivity contribution in [1.82, 2.24) is 14.5 Å². The van der Waals surface area contributed by atoms with Gasteiger partial charge in [0.2, 0.25) is 5.88 Å². The van der Waals surface area contributed by atoms with Crippen LogP contribution in [0.5, 0.6) is 11.6 Å². The lowest BCUT2D eigenvalue weighted by atomic mass is 10.2. The molecule has 0 atom stereocenters. The van der Waals surface area contributed by atoms with Crippen molar-refractivity contribution in [3.05, 3.63) is 78.5 Å². The molecule has 1 saturated carbocycles. The van der Waals surface area contributed by atoms with Crippen LogP contribution >= 0.6 is 11.3 Å². The summed E-state index contributed by atoms with van der Waals surface area (Å²) < 4.78 is 54.4. The van der Waals surface area contributed by atoms with Crippen molar-refractivity contribution in [3.63, 3.8) is 0 Å². The fraction of sp³-hybridized carbons (Fsp3) is 0.217. The van der Waals surface area contributed by atoms with Gasteiger partial charge in [-0.2, -0.15) is 0 Å². The molecule has 1 aliphatic carbocycles. The van der Waals surface area contributed by atoms with Crippen molar-refractivity contribution in [2.45, 2.75) is 19.4 Å². The normalized spacial score (nSPS) is 13.2. The highest BCUT2D eigenvalue weighted by molar-refractivity contribution is 7.13. The van der Waals surface area contributed by atoms with E-state index in [9.17, 15) is 32.7 Å². The molecule has 0 spiro atoms. The lowest BCUT2D eigenvalue weighted by molar-refractivity contribution is 0.0704. The predicted octanol–water partition coefficient (Wildman–Crippen LogP) is 3.62. The smallest absolute Gasteiger partial charge is 0.346 e. The van der Waals surface area contributed by atoms with Crippen LogP contribution in [0.15, 0.2) is 39.4 Å². The van der Waals surface area contributed by atoms with Crippen LogP contribution in [0.1, 0.15) is 28.1 Å². The molecule has 0 unspecified atom stereocenters. The molecule has 0 saturated heterocycles. The standard InChI is InChI=1S/C23H16F3N3O6S/c24-12-3-4-16(34-7-10-1-2-10)11(19(12)26)8-35-17-5-15(13(25)6-27-17)29-21(30)18-14(28-23(29)33)9-36-20(18)22(31)32/h3-6,9-10H,1-2,7-8H2,(H,28,33)(H,31,32). The van der Waals surface area contributed by atoms with Crippen molar-refractivity contribution in [2.24, 2.45) is 5.92 Å². The number of rotatable bonds is 8. The highest BCUT2D eigenvalue weighted by Gasteiger charge is 2.24. The van der Waals surface area contributed by atoms with Crippen LogP contribution in [-0.4, -0.2) is 32.2 Å². The first-order chi connectivity index (χ1) is 17.2. The van der Waals surface area contributed by atoms with Gasteiger partial charge < -0.3 is 19.6 Å². The number of nitrogens with one attached hydrogen (secondary N) is 1. The summed E-state index contributed by atoms with van der Waals surface area (Å²) in [5, 5.41) is 10.3. The monoisotopic (exact) mass is 519 g/mol. The van der Waals surface area contributed by atoms with Gasteiger partial charge in [0.05, 0.1) is 35.0 Å². The summed E-state index contributed by atoms with van der Waals surface area (Å²) in [6.45, 7) is -0.203. The van der Waals surface area contributed by atoms with Crippen LogP contribution in [0, 0.1) is 23.4 Å². The zero-order chi connectivity index (χ0) is 25.6. The number of nitrogens with zero attached hydrogens (tertiary/aromatic N) is 2. The molecule has 0 aliphatic heterocycles. The number of carbonyl (C=O) groups is 1. The van der Waals surface area contributed by atoms with E-state index in [0.717, 1.165) is 36.3 Å². The van der Waals surface area contributed by atoms with Gasteiger partial charge in [-0.3, -0.25) is 4.79 Å². The lowest BCUT2D eigenvalue weighted by Crippen LogP contribution is -2.34. The Morgan fingerprint density at radius 2 is 1.97 bits per heavy atom. The minimum absolute atomic E-state index is 0.00473. The maximum atomic E-state index is 14.7. The quantitative estimate of drug-likeness (QED) is 0.365. The average Bonchev–Trinajstić information content (AvgIpc) is 3.57. The van der Waals surface area contributed by atoms with E-state index in [4.69, 9.17) is 9.47 Å². The fourth-order valence-electron chi connectivity index (χ4n) is 3.56. The number of hydrogen-bond donors (Lipinski definition) is 2. The molecule has 0 bridgehead atoms. The van der Waals surface area contributed by atoms with Crippen molar-refractivity contribution in [3.8, 4) is 17.3 Å². The van der Waals surface area contributed by atoms with Crippen LogP contribution in [-0.2, 0) is 6.61 Å². The maximum Gasteiger partial charge on any atom is 0.346 e. The van der Waals surface area contributed by atoms with Gasteiger partial charge in [-0.15, -0.1) is 11.3 Å². The zero-order valence-corrected chi connectivity index (χ0v) is 19.0. The lowest BCUT2D eigenvalue weighted by Gasteiger charge is -2.14. The molecule has 5 rings (SSSR count). The Bertz CT molecular complexity index is 1630. The van der Waals surface area contributed by atoms with Crippen LogP contribution < -0.4 is 20.7 Å². The second-order valence-electron chi connectivity index (χ2n) is 8.08. The van der Waals surface area contributed by atoms with Gasteiger partial charge in [0.15, 0.2) is 17.5 Å². The summed E-state index contributed by atoms with van der Waals surface area (Å²) >= 11 is 0.732. The summed E-state index contributed by atoms with van der Waals surface area (Å²) in [5.41, 5.74) is -2.87. The van der Waals surface area contributed by atoms with E-state index in [1.807, 2.05) is 0 Å². The Kier molecular flexibility index (Phi) is 6.00. The highest BCUT2D eigenvalue weighted by Crippen LogP contribution is 2.32. The molecular formula is C23H16F3N3O6S. The van der Waals surface area contributed by atoms with Crippen LogP contribution in [0.25, 0.3) is 16.6 Å². The third-order valence-corrected chi connectivity index (χ3v) is 6.55. The van der Waals surface area contributed by atoms with Crippen molar-refractivity contribution < 1.29 is 32.5 Å². The number of fused-ring (bicyclic) bond motifs is 1. The summed E-state index contributed by atoms with van der Waals surface area (Å²) in [7, 11) is 0. The van der Waals surface area contributed by atoms with Gasteiger partial charge in [-0.05, 0) is 30.9 Å². The van der Waals surface area contributed by atoms with E-state index >= 15 is 0 Å². The zero-order valence-electron chi connectivity index (χ0n) is 18.2. The van der Waals surface area contributed by atoms with Gasteiger partial charge in [0.1, 0.15) is 17.2 Å². The Hall–Kier alpha value is -4.13. The first kappa shape index (κ1) is 23.6. The third-order valence-electron chi connectivity index (χ3n) is 5.59. The van der Waals surface area contributed by atoms with E-state index in [1.165, 1.54) is 11.4 Å². The summed E-state index contributed by atoms with van der Waals surface area (Å²) in [6, 6.07) is 3.13. The topological polar surface area (TPSA) is 124 Å². The predicted molar refractivity (Wildman–Crippen MR) is 122 cm³/mol. The Labute approximate surface area is 203 Å². The molecular weight excluding hydrogens is 503 g/mol. The first-order valence-electron chi connectivity index (χ1n) is 10.6. The number of aromatic carboxylic acids is 1. The molecule has 1 fully saturated rings. The van der Waals surface area contributed by atoms with E-state index < -0.39 is 47.0 Å². The number of carboxylic acids is 1. The number of benzene rings is 1. The van der Waals surface area contributed by atoms with Crippen LogP contribution in [0.4, 0.5) is 13.2 Å². The Balaban J connectivity index is 1.50. The number of carboxylic acid groups (broad SMARTS) is 1. The molecule has 0 radical (unpaired) electrons. The number of H-pyrrole nitrogens is 1. The number of ether oxygens (including phenoxy) is 2. The van der Waals surface area contributed by atoms with Crippen molar-refractivity contribution >= 4 is 28.2 Å². The van der Waals surface area contributed by atoms with Crippen LogP contribution in [0.3, 0.4) is 0 Å². The molecule has 3 aromatic heterocycles. The summed E-state index contributed by atoms with van der Waals surface area (Å²) in [5.74, 6) is -4.63. The summed E-state index contributed by atoms with van der Waals surface area (Å²) in [6.07, 6.45) is 2.65. The number of halogens is 3. The number of pyridine rings is 1. The van der Waals surface area contributed by atoms with Gasteiger partial charge in [-0.1, -0.05) is 0 Å². The minimum atomic E-state index is -1.39. The SMILES string of the molecule is O=C(O)c1scc2[nH]c(=O)n(-c3cc(OCc4c(OCC5CC5)ccc(F)c4F)ncc3F)c(=O)c12. The molecule has 9 nitrogen and oxygen atoms in total.